The quantitative estimate of drug-likeness (QED) is 0.125. The molecule has 0 fully saturated rings. The van der Waals surface area contributed by atoms with Gasteiger partial charge < -0.3 is 20.8 Å². The van der Waals surface area contributed by atoms with Gasteiger partial charge in [0.2, 0.25) is 0 Å². The number of rotatable bonds is 8. The number of anilines is 2. The summed E-state index contributed by atoms with van der Waals surface area (Å²) in [5, 5.41) is 34.3. The molecule has 0 aliphatic carbocycles. The standard InChI is InChI=1S/C24H17N3O8/c28-21(25-19-7-3-1-5-16(19)23(30)31)18(13-14-9-11-15(12-10-14)27(34)35)22(29)26-20-8-4-2-6-17(20)24(32)33/h1-13H,(H,25,28)(H,26,29)(H,30,31)(H,32,33). The fourth-order valence-electron chi connectivity index (χ4n) is 3.03. The highest BCUT2D eigenvalue weighted by atomic mass is 16.6. The molecule has 0 radical (unpaired) electrons. The van der Waals surface area contributed by atoms with Gasteiger partial charge in [-0.2, -0.15) is 0 Å². The maximum Gasteiger partial charge on any atom is 0.337 e. The lowest BCUT2D eigenvalue weighted by Crippen LogP contribution is -2.26. The predicted octanol–water partition coefficient (Wildman–Crippen LogP) is 3.65. The third-order valence-corrected chi connectivity index (χ3v) is 4.72. The van der Waals surface area contributed by atoms with Gasteiger partial charge in [0.15, 0.2) is 0 Å². The molecule has 0 bridgehead atoms. The maximum absolute atomic E-state index is 13.1. The molecule has 0 aliphatic rings. The van der Waals surface area contributed by atoms with E-state index in [1.54, 1.807) is 0 Å². The SMILES string of the molecule is O=C(Nc1ccccc1C(=O)O)C(=Cc1ccc([N+](=O)[O-])cc1)C(=O)Nc1ccccc1C(=O)O. The lowest BCUT2D eigenvalue weighted by atomic mass is 10.1. The second-order valence-electron chi connectivity index (χ2n) is 7.02. The minimum absolute atomic E-state index is 0.0710. The Kier molecular flexibility index (Phi) is 7.32. The number of nitrogens with zero attached hydrogens (tertiary/aromatic N) is 1. The van der Waals surface area contributed by atoms with Crippen LogP contribution in [0.5, 0.6) is 0 Å². The topological polar surface area (TPSA) is 176 Å². The molecule has 176 valence electrons. The molecular formula is C24H17N3O8. The molecule has 11 nitrogen and oxygen atoms in total. The van der Waals surface area contributed by atoms with Gasteiger partial charge in [0, 0.05) is 12.1 Å². The fraction of sp³-hybridized carbons (Fsp3) is 0. The van der Waals surface area contributed by atoms with Crippen molar-refractivity contribution in [3.63, 3.8) is 0 Å². The number of benzene rings is 3. The summed E-state index contributed by atoms with van der Waals surface area (Å²) in [7, 11) is 0. The molecule has 3 aromatic carbocycles. The first kappa shape index (κ1) is 24.3. The van der Waals surface area contributed by atoms with Gasteiger partial charge in [-0.15, -0.1) is 0 Å². The van der Waals surface area contributed by atoms with Crippen LogP contribution in [0.15, 0.2) is 78.4 Å². The highest BCUT2D eigenvalue weighted by Gasteiger charge is 2.22. The average molecular weight is 475 g/mol. The Morgan fingerprint density at radius 2 is 1.14 bits per heavy atom. The summed E-state index contributed by atoms with van der Waals surface area (Å²) in [5.74, 6) is -4.58. The van der Waals surface area contributed by atoms with Crippen LogP contribution in [0, 0.1) is 10.1 Å². The minimum Gasteiger partial charge on any atom is -0.478 e. The van der Waals surface area contributed by atoms with Crippen molar-refractivity contribution < 1.29 is 34.3 Å². The zero-order chi connectivity index (χ0) is 25.5. The van der Waals surface area contributed by atoms with Crippen molar-refractivity contribution in [1.82, 2.24) is 0 Å². The van der Waals surface area contributed by atoms with E-state index in [0.717, 1.165) is 6.08 Å². The van der Waals surface area contributed by atoms with E-state index >= 15 is 0 Å². The minimum atomic E-state index is -1.30. The number of carbonyl (C=O) groups is 4. The molecule has 0 atom stereocenters. The molecule has 0 heterocycles. The van der Waals surface area contributed by atoms with Crippen LogP contribution >= 0.6 is 0 Å². The second-order valence-corrected chi connectivity index (χ2v) is 7.02. The molecule has 3 aromatic rings. The molecule has 3 rings (SSSR count). The second kappa shape index (κ2) is 10.5. The molecule has 2 amide bonds. The van der Waals surface area contributed by atoms with Crippen molar-refractivity contribution in [2.45, 2.75) is 0 Å². The number of aromatic carboxylic acids is 2. The number of nitro benzene ring substituents is 1. The Bertz CT molecular complexity index is 1290. The van der Waals surface area contributed by atoms with Gasteiger partial charge >= 0.3 is 11.9 Å². The number of non-ortho nitro benzene ring substituents is 1. The number of carboxylic acid groups (broad SMARTS) is 2. The number of hydrogen-bond acceptors (Lipinski definition) is 6. The largest absolute Gasteiger partial charge is 0.478 e. The monoisotopic (exact) mass is 475 g/mol. The predicted molar refractivity (Wildman–Crippen MR) is 125 cm³/mol. The molecule has 0 spiro atoms. The highest BCUT2D eigenvalue weighted by Crippen LogP contribution is 2.21. The number of nitrogens with one attached hydrogen (secondary N) is 2. The summed E-state index contributed by atoms with van der Waals surface area (Å²) < 4.78 is 0. The van der Waals surface area contributed by atoms with E-state index in [1.165, 1.54) is 72.8 Å². The molecule has 4 N–H and O–H groups in total. The van der Waals surface area contributed by atoms with Crippen LogP contribution in [0.3, 0.4) is 0 Å². The normalized spacial score (nSPS) is 10.1. The van der Waals surface area contributed by atoms with Gasteiger partial charge in [0.1, 0.15) is 5.57 Å². The summed E-state index contributed by atoms with van der Waals surface area (Å²) >= 11 is 0. The van der Waals surface area contributed by atoms with E-state index in [0.29, 0.717) is 0 Å². The first-order valence-corrected chi connectivity index (χ1v) is 9.91. The van der Waals surface area contributed by atoms with E-state index < -0.39 is 34.2 Å². The Labute approximate surface area is 197 Å². The Morgan fingerprint density at radius 3 is 1.54 bits per heavy atom. The van der Waals surface area contributed by atoms with Crippen molar-refractivity contribution >= 4 is 46.9 Å². The van der Waals surface area contributed by atoms with Gasteiger partial charge in [0.25, 0.3) is 17.5 Å². The van der Waals surface area contributed by atoms with Crippen LogP contribution in [-0.2, 0) is 9.59 Å². The van der Waals surface area contributed by atoms with Crippen molar-refractivity contribution in [2.24, 2.45) is 0 Å². The summed E-state index contributed by atoms with van der Waals surface area (Å²) in [6.07, 6.45) is 1.14. The molecule has 0 aromatic heterocycles. The van der Waals surface area contributed by atoms with E-state index in [-0.39, 0.29) is 33.8 Å². The van der Waals surface area contributed by atoms with Crippen LogP contribution < -0.4 is 10.6 Å². The molecule has 0 saturated carbocycles. The lowest BCUT2D eigenvalue weighted by molar-refractivity contribution is -0.384. The van der Waals surface area contributed by atoms with Crippen molar-refractivity contribution in [3.8, 4) is 0 Å². The summed E-state index contributed by atoms with van der Waals surface area (Å²) in [4.78, 5) is 59.3. The maximum atomic E-state index is 13.1. The van der Waals surface area contributed by atoms with E-state index in [9.17, 15) is 39.5 Å². The van der Waals surface area contributed by atoms with E-state index in [4.69, 9.17) is 0 Å². The molecule has 35 heavy (non-hydrogen) atoms. The van der Waals surface area contributed by atoms with E-state index in [2.05, 4.69) is 10.6 Å². The van der Waals surface area contributed by atoms with Crippen molar-refractivity contribution in [1.29, 1.82) is 0 Å². The number of carbonyl (C=O) groups excluding carboxylic acids is 2. The first-order valence-electron chi connectivity index (χ1n) is 9.91. The van der Waals surface area contributed by atoms with Crippen LogP contribution in [0.2, 0.25) is 0 Å². The zero-order valence-electron chi connectivity index (χ0n) is 17.8. The molecule has 11 heteroatoms. The number of amides is 2. The Morgan fingerprint density at radius 1 is 0.714 bits per heavy atom. The molecule has 0 aliphatic heterocycles. The van der Waals surface area contributed by atoms with Crippen LogP contribution in [0.4, 0.5) is 17.1 Å². The average Bonchev–Trinajstić information content (AvgIpc) is 2.83. The highest BCUT2D eigenvalue weighted by molar-refractivity contribution is 6.29. The fourth-order valence-corrected chi connectivity index (χ4v) is 3.03. The van der Waals surface area contributed by atoms with Gasteiger partial charge in [-0.25, -0.2) is 9.59 Å². The smallest absolute Gasteiger partial charge is 0.337 e. The van der Waals surface area contributed by atoms with Gasteiger partial charge in [-0.1, -0.05) is 24.3 Å². The lowest BCUT2D eigenvalue weighted by Gasteiger charge is -2.13. The molecule has 0 unspecified atom stereocenters. The van der Waals surface area contributed by atoms with Gasteiger partial charge in [-0.3, -0.25) is 19.7 Å². The zero-order valence-corrected chi connectivity index (χ0v) is 17.8. The summed E-state index contributed by atoms with van der Waals surface area (Å²) in [6, 6.07) is 16.1. The summed E-state index contributed by atoms with van der Waals surface area (Å²) in [6.45, 7) is 0. The number of hydrogen-bond donors (Lipinski definition) is 4. The van der Waals surface area contributed by atoms with Crippen LogP contribution in [0.25, 0.3) is 6.08 Å². The van der Waals surface area contributed by atoms with Gasteiger partial charge in [-0.05, 0) is 48.0 Å². The van der Waals surface area contributed by atoms with Crippen molar-refractivity contribution in [2.75, 3.05) is 10.6 Å². The first-order chi connectivity index (χ1) is 16.7. The van der Waals surface area contributed by atoms with Crippen molar-refractivity contribution in [3.05, 3.63) is 105 Å². The Hall–Kier alpha value is -5.32. The Balaban J connectivity index is 2.01. The number of para-hydroxylation sites is 2. The molecule has 0 saturated heterocycles. The third kappa shape index (κ3) is 5.93. The third-order valence-electron chi connectivity index (χ3n) is 4.72. The van der Waals surface area contributed by atoms with Gasteiger partial charge in [0.05, 0.1) is 27.4 Å². The van der Waals surface area contributed by atoms with Crippen LogP contribution in [-0.4, -0.2) is 38.9 Å². The van der Waals surface area contributed by atoms with E-state index in [1.807, 2.05) is 0 Å². The number of carboxylic acids is 2. The number of nitro groups is 1. The molecular weight excluding hydrogens is 458 g/mol. The summed E-state index contributed by atoms with van der Waals surface area (Å²) in [5.41, 5.74) is -1.02. The van der Waals surface area contributed by atoms with Crippen LogP contribution in [0.1, 0.15) is 26.3 Å².